The van der Waals surface area contributed by atoms with E-state index in [-0.39, 0.29) is 17.9 Å². The van der Waals surface area contributed by atoms with Gasteiger partial charge in [0, 0.05) is 10.9 Å². The van der Waals surface area contributed by atoms with Crippen LogP contribution in [0.15, 0.2) is 48.5 Å². The van der Waals surface area contributed by atoms with Crippen LogP contribution in [0.2, 0.25) is 5.02 Å². The predicted molar refractivity (Wildman–Crippen MR) is 94.7 cm³/mol. The Balaban J connectivity index is 1.93. The van der Waals surface area contributed by atoms with Crippen molar-refractivity contribution in [2.75, 3.05) is 0 Å². The van der Waals surface area contributed by atoms with Gasteiger partial charge in [0.2, 0.25) is 5.91 Å². The molecule has 2 nitrogen and oxygen atoms in total. The molecular weight excluding hydrogens is 306 g/mol. The summed E-state index contributed by atoms with van der Waals surface area (Å²) in [5, 5.41) is 3.86. The molecular formula is C20H22ClNO. The third kappa shape index (κ3) is 3.76. The zero-order valence-electron chi connectivity index (χ0n) is 13.6. The van der Waals surface area contributed by atoms with Crippen molar-refractivity contribution in [3.8, 4) is 0 Å². The minimum atomic E-state index is -0.196. The Hall–Kier alpha value is -1.80. The van der Waals surface area contributed by atoms with Gasteiger partial charge in [0.1, 0.15) is 0 Å². The van der Waals surface area contributed by atoms with Crippen LogP contribution in [0.3, 0.4) is 0 Å². The lowest BCUT2D eigenvalue weighted by Crippen LogP contribution is -2.30. The molecule has 1 atom stereocenters. The molecule has 1 aliphatic rings. The summed E-state index contributed by atoms with van der Waals surface area (Å²) in [5.41, 5.74) is 3.30. The summed E-state index contributed by atoms with van der Waals surface area (Å²) in [6, 6.07) is 16.0. The zero-order valence-corrected chi connectivity index (χ0v) is 14.3. The predicted octanol–water partition coefficient (Wildman–Crippen LogP) is 5.08. The first-order valence-corrected chi connectivity index (χ1v) is 8.58. The number of nitrogens with one attached hydrogen (secondary N) is 1. The van der Waals surface area contributed by atoms with Gasteiger partial charge in [-0.2, -0.15) is 0 Å². The standard InChI is InChI=1S/C20H22ClNO/c1-13(2)14-7-9-15(10-8-14)19(22-20(23)16-11-12-16)17-5-3-4-6-18(17)21/h3-10,13,16,19H,11-12H2,1-2H3,(H,22,23). The van der Waals surface area contributed by atoms with Crippen molar-refractivity contribution in [1.82, 2.24) is 5.32 Å². The second-order valence-corrected chi connectivity index (χ2v) is 6.97. The molecule has 1 N–H and O–H groups in total. The molecule has 23 heavy (non-hydrogen) atoms. The number of rotatable bonds is 5. The van der Waals surface area contributed by atoms with E-state index in [2.05, 4.69) is 43.4 Å². The Labute approximate surface area is 142 Å². The smallest absolute Gasteiger partial charge is 0.223 e. The van der Waals surface area contributed by atoms with E-state index < -0.39 is 0 Å². The van der Waals surface area contributed by atoms with Crippen molar-refractivity contribution in [1.29, 1.82) is 0 Å². The Bertz CT molecular complexity index is 689. The summed E-state index contributed by atoms with van der Waals surface area (Å²) < 4.78 is 0. The monoisotopic (exact) mass is 327 g/mol. The Morgan fingerprint density at radius 2 is 1.65 bits per heavy atom. The quantitative estimate of drug-likeness (QED) is 0.815. The van der Waals surface area contributed by atoms with Crippen LogP contribution in [0.25, 0.3) is 0 Å². The number of hydrogen-bond acceptors (Lipinski definition) is 1. The van der Waals surface area contributed by atoms with Gasteiger partial charge in [0.15, 0.2) is 0 Å². The van der Waals surface area contributed by atoms with Crippen molar-refractivity contribution >= 4 is 17.5 Å². The average Bonchev–Trinajstić information content (AvgIpc) is 3.38. The van der Waals surface area contributed by atoms with Crippen molar-refractivity contribution in [2.24, 2.45) is 5.92 Å². The van der Waals surface area contributed by atoms with Crippen LogP contribution in [0, 0.1) is 5.92 Å². The fourth-order valence-electron chi connectivity index (χ4n) is 2.73. The van der Waals surface area contributed by atoms with Crippen LogP contribution in [0.5, 0.6) is 0 Å². The van der Waals surface area contributed by atoms with E-state index in [1.54, 1.807) is 0 Å². The van der Waals surface area contributed by atoms with Gasteiger partial charge < -0.3 is 5.32 Å². The Morgan fingerprint density at radius 3 is 2.22 bits per heavy atom. The van der Waals surface area contributed by atoms with E-state index in [1.807, 2.05) is 24.3 Å². The molecule has 0 aliphatic heterocycles. The van der Waals surface area contributed by atoms with Gasteiger partial charge in [0.05, 0.1) is 6.04 Å². The van der Waals surface area contributed by atoms with E-state index in [0.29, 0.717) is 10.9 Å². The van der Waals surface area contributed by atoms with Gasteiger partial charge >= 0.3 is 0 Å². The highest BCUT2D eigenvalue weighted by molar-refractivity contribution is 6.31. The van der Waals surface area contributed by atoms with E-state index in [4.69, 9.17) is 11.6 Å². The molecule has 1 saturated carbocycles. The van der Waals surface area contributed by atoms with E-state index in [1.165, 1.54) is 5.56 Å². The lowest BCUT2D eigenvalue weighted by molar-refractivity contribution is -0.122. The van der Waals surface area contributed by atoms with Crippen molar-refractivity contribution < 1.29 is 4.79 Å². The number of hydrogen-bond donors (Lipinski definition) is 1. The number of carbonyl (C=O) groups excluding carboxylic acids is 1. The van der Waals surface area contributed by atoms with Crippen molar-refractivity contribution in [3.05, 3.63) is 70.2 Å². The first-order chi connectivity index (χ1) is 11.1. The van der Waals surface area contributed by atoms with Crippen LogP contribution >= 0.6 is 11.6 Å². The lowest BCUT2D eigenvalue weighted by atomic mass is 9.95. The highest BCUT2D eigenvalue weighted by atomic mass is 35.5. The maximum atomic E-state index is 12.3. The summed E-state index contributed by atoms with van der Waals surface area (Å²) in [5.74, 6) is 0.793. The molecule has 1 aliphatic carbocycles. The average molecular weight is 328 g/mol. The molecule has 1 unspecified atom stereocenters. The number of carbonyl (C=O) groups is 1. The molecule has 3 heteroatoms. The molecule has 1 amide bonds. The maximum Gasteiger partial charge on any atom is 0.223 e. The van der Waals surface area contributed by atoms with Crippen LogP contribution in [0.4, 0.5) is 0 Å². The third-order valence-corrected chi connectivity index (χ3v) is 4.73. The van der Waals surface area contributed by atoms with E-state index in [9.17, 15) is 4.79 Å². The summed E-state index contributed by atoms with van der Waals surface area (Å²) in [6.07, 6.45) is 1.99. The molecule has 0 heterocycles. The second-order valence-electron chi connectivity index (χ2n) is 6.56. The van der Waals surface area contributed by atoms with Crippen LogP contribution in [0.1, 0.15) is 55.3 Å². The minimum Gasteiger partial charge on any atom is -0.345 e. The van der Waals surface area contributed by atoms with Crippen LogP contribution in [-0.4, -0.2) is 5.91 Å². The molecule has 2 aromatic carbocycles. The largest absolute Gasteiger partial charge is 0.345 e. The fourth-order valence-corrected chi connectivity index (χ4v) is 2.97. The van der Waals surface area contributed by atoms with E-state index >= 15 is 0 Å². The van der Waals surface area contributed by atoms with Gasteiger partial charge in [-0.05, 0) is 41.5 Å². The summed E-state index contributed by atoms with van der Waals surface area (Å²) in [4.78, 5) is 12.3. The Morgan fingerprint density at radius 1 is 1.04 bits per heavy atom. The lowest BCUT2D eigenvalue weighted by Gasteiger charge is -2.21. The van der Waals surface area contributed by atoms with Gasteiger partial charge in [-0.25, -0.2) is 0 Å². The van der Waals surface area contributed by atoms with Gasteiger partial charge in [-0.15, -0.1) is 0 Å². The first kappa shape index (κ1) is 16.1. The zero-order chi connectivity index (χ0) is 16.4. The van der Waals surface area contributed by atoms with Gasteiger partial charge in [-0.3, -0.25) is 4.79 Å². The second kappa shape index (κ2) is 6.76. The molecule has 0 aromatic heterocycles. The molecule has 2 aromatic rings. The molecule has 3 rings (SSSR count). The molecule has 0 radical (unpaired) electrons. The highest BCUT2D eigenvalue weighted by Crippen LogP contribution is 2.33. The maximum absolute atomic E-state index is 12.3. The minimum absolute atomic E-state index is 0.128. The summed E-state index contributed by atoms with van der Waals surface area (Å²) in [7, 11) is 0. The van der Waals surface area contributed by atoms with Gasteiger partial charge in [0.25, 0.3) is 0 Å². The number of amides is 1. The van der Waals surface area contributed by atoms with Crippen molar-refractivity contribution in [3.63, 3.8) is 0 Å². The topological polar surface area (TPSA) is 29.1 Å². The summed E-state index contributed by atoms with van der Waals surface area (Å²) in [6.45, 7) is 4.35. The van der Waals surface area contributed by atoms with Crippen molar-refractivity contribution in [2.45, 2.75) is 38.6 Å². The molecule has 120 valence electrons. The first-order valence-electron chi connectivity index (χ1n) is 8.21. The van der Waals surface area contributed by atoms with Crippen LogP contribution < -0.4 is 5.32 Å². The normalized spacial score (nSPS) is 15.5. The third-order valence-electron chi connectivity index (χ3n) is 4.39. The molecule has 0 bridgehead atoms. The summed E-state index contributed by atoms with van der Waals surface area (Å²) >= 11 is 6.38. The SMILES string of the molecule is CC(C)c1ccc(C(NC(=O)C2CC2)c2ccccc2Cl)cc1. The molecule has 1 fully saturated rings. The highest BCUT2D eigenvalue weighted by Gasteiger charge is 2.32. The molecule has 0 saturated heterocycles. The van der Waals surface area contributed by atoms with E-state index in [0.717, 1.165) is 24.0 Å². The van der Waals surface area contributed by atoms with Crippen LogP contribution in [-0.2, 0) is 4.79 Å². The number of benzene rings is 2. The molecule has 0 spiro atoms. The Kier molecular flexibility index (Phi) is 4.72. The fraction of sp³-hybridized carbons (Fsp3) is 0.350. The number of halogens is 1. The van der Waals surface area contributed by atoms with Gasteiger partial charge in [-0.1, -0.05) is 67.9 Å².